The first-order valence-electron chi connectivity index (χ1n) is 8.65. The lowest BCUT2D eigenvalue weighted by atomic mass is 9.93. The Hall–Kier alpha value is -2.32. The van der Waals surface area contributed by atoms with Crippen LogP contribution in [0.4, 0.5) is 5.82 Å². The first-order chi connectivity index (χ1) is 12.5. The van der Waals surface area contributed by atoms with E-state index >= 15 is 0 Å². The zero-order valence-corrected chi connectivity index (χ0v) is 15.4. The van der Waals surface area contributed by atoms with Gasteiger partial charge < -0.3 is 16.4 Å². The van der Waals surface area contributed by atoms with Crippen LogP contribution >= 0.6 is 11.8 Å². The average Bonchev–Trinajstić information content (AvgIpc) is 3.03. The average molecular weight is 370 g/mol. The maximum atomic E-state index is 11.4. The lowest BCUT2D eigenvalue weighted by molar-refractivity contribution is -0.114. The summed E-state index contributed by atoms with van der Waals surface area (Å²) >= 11 is 1.93. The van der Waals surface area contributed by atoms with Gasteiger partial charge in [-0.3, -0.25) is 9.20 Å². The van der Waals surface area contributed by atoms with Gasteiger partial charge in [-0.25, -0.2) is 9.97 Å². The quantitative estimate of drug-likeness (QED) is 0.848. The summed E-state index contributed by atoms with van der Waals surface area (Å²) in [6, 6.07) is 0. The molecule has 4 rings (SSSR count). The minimum Gasteiger partial charge on any atom is -0.382 e. The zero-order valence-electron chi connectivity index (χ0n) is 14.6. The van der Waals surface area contributed by atoms with Gasteiger partial charge >= 0.3 is 0 Å². The molecule has 136 valence electrons. The van der Waals surface area contributed by atoms with E-state index in [1.807, 2.05) is 30.1 Å². The van der Waals surface area contributed by atoms with Crippen molar-refractivity contribution in [2.45, 2.75) is 17.6 Å². The second-order valence-corrected chi connectivity index (χ2v) is 8.04. The summed E-state index contributed by atoms with van der Waals surface area (Å²) in [6.07, 6.45) is 9.95. The number of hydrogen-bond donors (Lipinski definition) is 2. The maximum absolute atomic E-state index is 11.4. The van der Waals surface area contributed by atoms with E-state index in [1.165, 1.54) is 0 Å². The van der Waals surface area contributed by atoms with E-state index in [0.29, 0.717) is 23.1 Å². The van der Waals surface area contributed by atoms with Crippen molar-refractivity contribution >= 4 is 29.0 Å². The van der Waals surface area contributed by atoms with Gasteiger partial charge in [0.15, 0.2) is 0 Å². The first kappa shape index (κ1) is 17.1. The zero-order chi connectivity index (χ0) is 18.3. The number of anilines is 1. The number of rotatable bonds is 3. The van der Waals surface area contributed by atoms with Crippen LogP contribution in [0.25, 0.3) is 5.52 Å². The van der Waals surface area contributed by atoms with Crippen molar-refractivity contribution in [1.29, 1.82) is 0 Å². The smallest absolute Gasteiger partial charge is 0.248 e. The SMILES string of the molecule is CN1CCSC(c2nc(C3C=CC(C(N)=O)=CC3)c3c(N)nccn23)C1. The van der Waals surface area contributed by atoms with E-state index in [-0.39, 0.29) is 5.92 Å². The highest BCUT2D eigenvalue weighted by molar-refractivity contribution is 7.99. The Morgan fingerprint density at radius 3 is 2.96 bits per heavy atom. The molecule has 0 aromatic carbocycles. The third-order valence-electron chi connectivity index (χ3n) is 4.93. The van der Waals surface area contributed by atoms with Crippen molar-refractivity contribution < 1.29 is 4.79 Å². The van der Waals surface area contributed by atoms with Crippen molar-refractivity contribution in [2.75, 3.05) is 31.6 Å². The number of hydrogen-bond acceptors (Lipinski definition) is 6. The topological polar surface area (TPSA) is 103 Å². The van der Waals surface area contributed by atoms with Crippen molar-refractivity contribution in [3.05, 3.63) is 47.7 Å². The summed E-state index contributed by atoms with van der Waals surface area (Å²) in [5, 5.41) is 0.293. The number of aromatic nitrogens is 3. The number of imidazole rings is 1. The van der Waals surface area contributed by atoms with Gasteiger partial charge in [-0.1, -0.05) is 18.2 Å². The lowest BCUT2D eigenvalue weighted by Gasteiger charge is -2.28. The molecule has 8 heteroatoms. The second-order valence-electron chi connectivity index (χ2n) is 6.73. The molecule has 0 radical (unpaired) electrons. The molecule has 1 saturated heterocycles. The molecule has 2 unspecified atom stereocenters. The fraction of sp³-hybridized carbons (Fsp3) is 0.389. The van der Waals surface area contributed by atoms with E-state index in [4.69, 9.17) is 16.5 Å². The fourth-order valence-electron chi connectivity index (χ4n) is 3.54. The van der Waals surface area contributed by atoms with Crippen LogP contribution < -0.4 is 11.5 Å². The van der Waals surface area contributed by atoms with Gasteiger partial charge in [0.2, 0.25) is 5.91 Å². The summed E-state index contributed by atoms with van der Waals surface area (Å²) in [4.78, 5) is 22.9. The first-order valence-corrected chi connectivity index (χ1v) is 9.70. The van der Waals surface area contributed by atoms with Gasteiger partial charge in [-0.2, -0.15) is 0 Å². The van der Waals surface area contributed by atoms with Gasteiger partial charge in [0.05, 0.1) is 10.9 Å². The van der Waals surface area contributed by atoms with E-state index in [9.17, 15) is 4.79 Å². The summed E-state index contributed by atoms with van der Waals surface area (Å²) in [7, 11) is 2.14. The van der Waals surface area contributed by atoms with Gasteiger partial charge in [0, 0.05) is 42.7 Å². The molecule has 2 aromatic heterocycles. The minimum atomic E-state index is -0.405. The number of likely N-dealkylation sites (N-methyl/N-ethyl adjacent to an activating group) is 1. The van der Waals surface area contributed by atoms with Crippen LogP contribution in [0.2, 0.25) is 0 Å². The number of carbonyl (C=O) groups excluding carboxylic acids is 1. The molecule has 1 aliphatic carbocycles. The van der Waals surface area contributed by atoms with E-state index in [2.05, 4.69) is 21.3 Å². The van der Waals surface area contributed by atoms with Gasteiger partial charge in [-0.15, -0.1) is 11.8 Å². The van der Waals surface area contributed by atoms with E-state index < -0.39 is 5.91 Å². The highest BCUT2D eigenvalue weighted by Gasteiger charge is 2.28. The Kier molecular flexibility index (Phi) is 4.46. The Bertz CT molecular complexity index is 918. The van der Waals surface area contributed by atoms with Crippen molar-refractivity contribution in [3.8, 4) is 0 Å². The van der Waals surface area contributed by atoms with Crippen LogP contribution in [-0.2, 0) is 4.79 Å². The van der Waals surface area contributed by atoms with Crippen LogP contribution in [0.3, 0.4) is 0 Å². The third-order valence-corrected chi connectivity index (χ3v) is 6.11. The Balaban J connectivity index is 1.76. The summed E-state index contributed by atoms with van der Waals surface area (Å²) in [5.41, 5.74) is 13.9. The van der Waals surface area contributed by atoms with Crippen molar-refractivity contribution in [3.63, 3.8) is 0 Å². The summed E-state index contributed by atoms with van der Waals surface area (Å²) in [5.74, 6) is 2.23. The molecular weight excluding hydrogens is 348 g/mol. The summed E-state index contributed by atoms with van der Waals surface area (Å²) < 4.78 is 2.08. The number of primary amides is 1. The number of nitrogens with zero attached hydrogens (tertiary/aromatic N) is 4. The molecule has 0 spiro atoms. The van der Waals surface area contributed by atoms with Crippen molar-refractivity contribution in [1.82, 2.24) is 19.3 Å². The van der Waals surface area contributed by atoms with Crippen LogP contribution in [0.5, 0.6) is 0 Å². The molecule has 2 aromatic rings. The Labute approximate surface area is 156 Å². The third kappa shape index (κ3) is 2.99. The highest BCUT2D eigenvalue weighted by Crippen LogP contribution is 2.37. The van der Waals surface area contributed by atoms with E-state index in [1.54, 1.807) is 12.3 Å². The van der Waals surface area contributed by atoms with Crippen LogP contribution in [-0.4, -0.2) is 51.1 Å². The molecule has 7 nitrogen and oxygen atoms in total. The molecule has 1 aliphatic heterocycles. The predicted molar refractivity (Wildman–Crippen MR) is 104 cm³/mol. The van der Waals surface area contributed by atoms with Crippen LogP contribution in [0.15, 0.2) is 36.2 Å². The fourth-order valence-corrected chi connectivity index (χ4v) is 4.92. The van der Waals surface area contributed by atoms with E-state index in [0.717, 1.165) is 35.9 Å². The number of thioether (sulfide) groups is 1. The minimum absolute atomic E-state index is 0.0553. The van der Waals surface area contributed by atoms with Gasteiger partial charge in [0.25, 0.3) is 0 Å². The molecule has 2 atom stereocenters. The van der Waals surface area contributed by atoms with Gasteiger partial charge in [-0.05, 0) is 13.5 Å². The Morgan fingerprint density at radius 2 is 2.27 bits per heavy atom. The van der Waals surface area contributed by atoms with Crippen LogP contribution in [0, 0.1) is 0 Å². The normalized spacial score (nSPS) is 24.0. The molecular formula is C18H22N6OS. The monoisotopic (exact) mass is 370 g/mol. The molecule has 2 aliphatic rings. The number of nitrogen functional groups attached to an aromatic ring is 1. The molecule has 1 fully saturated rings. The largest absolute Gasteiger partial charge is 0.382 e. The standard InChI is InChI=1S/C18H22N6OS/c1-23-8-9-26-13(10-23)18-22-14(15-16(19)21-6-7-24(15)18)11-2-4-12(5-3-11)17(20)25/h2,4-7,11,13H,3,8-10H2,1H3,(H2,19,21)(H2,20,25). The van der Waals surface area contributed by atoms with Crippen LogP contribution in [0.1, 0.15) is 29.1 Å². The number of carbonyl (C=O) groups is 1. The number of fused-ring (bicyclic) bond motifs is 1. The molecule has 1 amide bonds. The molecule has 4 N–H and O–H groups in total. The predicted octanol–water partition coefficient (Wildman–Crippen LogP) is 1.49. The number of amides is 1. The molecule has 26 heavy (non-hydrogen) atoms. The second kappa shape index (κ2) is 6.77. The molecule has 3 heterocycles. The number of allylic oxidation sites excluding steroid dienone is 2. The Morgan fingerprint density at radius 1 is 1.42 bits per heavy atom. The number of nitrogens with two attached hydrogens (primary N) is 2. The highest BCUT2D eigenvalue weighted by atomic mass is 32.2. The maximum Gasteiger partial charge on any atom is 0.248 e. The molecule has 0 saturated carbocycles. The lowest BCUT2D eigenvalue weighted by Crippen LogP contribution is -2.31. The summed E-state index contributed by atoms with van der Waals surface area (Å²) in [6.45, 7) is 2.05. The van der Waals surface area contributed by atoms with Crippen molar-refractivity contribution in [2.24, 2.45) is 5.73 Å². The molecule has 0 bridgehead atoms. The van der Waals surface area contributed by atoms with Gasteiger partial charge in [0.1, 0.15) is 17.2 Å².